The van der Waals surface area contributed by atoms with Gasteiger partial charge < -0.3 is 9.80 Å². The SMILES string of the molecule is CC(C)N(CC(=O)N1CCc2sccc2C1c1ccc(Cl)cc1)C(=O)c1ccc(C(C)(C)C)cc1. The molecule has 1 aromatic heterocycles. The summed E-state index contributed by atoms with van der Waals surface area (Å²) in [5, 5.41) is 2.76. The Morgan fingerprint density at radius 2 is 1.71 bits per heavy atom. The van der Waals surface area contributed by atoms with Gasteiger partial charge in [0.2, 0.25) is 5.91 Å². The summed E-state index contributed by atoms with van der Waals surface area (Å²) in [6.45, 7) is 11.0. The van der Waals surface area contributed by atoms with Gasteiger partial charge in [0.05, 0.1) is 6.04 Å². The van der Waals surface area contributed by atoms with Gasteiger partial charge in [0.15, 0.2) is 0 Å². The van der Waals surface area contributed by atoms with E-state index in [4.69, 9.17) is 11.6 Å². The lowest BCUT2D eigenvalue weighted by atomic mass is 9.86. The summed E-state index contributed by atoms with van der Waals surface area (Å²) in [5.41, 5.74) is 3.99. The largest absolute Gasteiger partial charge is 0.330 e. The molecule has 0 saturated carbocycles. The fraction of sp³-hybridized carbons (Fsp3) is 0.379. The van der Waals surface area contributed by atoms with Gasteiger partial charge in [-0.25, -0.2) is 0 Å². The number of nitrogens with zero attached hydrogens (tertiary/aromatic N) is 2. The fourth-order valence-corrected chi connectivity index (χ4v) is 5.62. The van der Waals surface area contributed by atoms with Crippen LogP contribution in [0.2, 0.25) is 5.02 Å². The van der Waals surface area contributed by atoms with Crippen LogP contribution in [0.5, 0.6) is 0 Å². The Hall–Kier alpha value is -2.63. The van der Waals surface area contributed by atoms with Crippen LogP contribution in [0.1, 0.15) is 72.6 Å². The lowest BCUT2D eigenvalue weighted by Gasteiger charge is -2.38. The molecule has 0 fully saturated rings. The van der Waals surface area contributed by atoms with Gasteiger partial charge in [-0.2, -0.15) is 0 Å². The van der Waals surface area contributed by atoms with Gasteiger partial charge in [0, 0.05) is 28.0 Å². The highest BCUT2D eigenvalue weighted by Gasteiger charge is 2.34. The van der Waals surface area contributed by atoms with Crippen LogP contribution in [0.15, 0.2) is 60.0 Å². The third kappa shape index (κ3) is 5.46. The summed E-state index contributed by atoms with van der Waals surface area (Å²) in [6, 6.07) is 17.3. The zero-order valence-corrected chi connectivity index (χ0v) is 22.6. The number of hydrogen-bond acceptors (Lipinski definition) is 3. The molecule has 184 valence electrons. The van der Waals surface area contributed by atoms with Crippen LogP contribution in [-0.4, -0.2) is 40.7 Å². The van der Waals surface area contributed by atoms with E-state index in [0.717, 1.165) is 17.5 Å². The van der Waals surface area contributed by atoms with E-state index in [1.165, 1.54) is 10.4 Å². The number of carbonyl (C=O) groups excluding carboxylic acids is 2. The average molecular weight is 509 g/mol. The van der Waals surface area contributed by atoms with Crippen molar-refractivity contribution >= 4 is 34.8 Å². The molecule has 0 spiro atoms. The molecule has 35 heavy (non-hydrogen) atoms. The maximum atomic E-state index is 13.7. The molecular formula is C29H33ClN2O2S. The molecule has 1 unspecified atom stereocenters. The number of halogens is 1. The van der Waals surface area contributed by atoms with Gasteiger partial charge in [-0.3, -0.25) is 9.59 Å². The summed E-state index contributed by atoms with van der Waals surface area (Å²) in [7, 11) is 0. The Morgan fingerprint density at radius 1 is 1.06 bits per heavy atom. The second kappa shape index (κ2) is 10.2. The second-order valence-corrected chi connectivity index (χ2v) is 11.9. The van der Waals surface area contributed by atoms with E-state index < -0.39 is 0 Å². The number of carbonyl (C=O) groups is 2. The molecule has 0 N–H and O–H groups in total. The number of amides is 2. The van der Waals surface area contributed by atoms with Gasteiger partial charge in [-0.05, 0) is 78.1 Å². The predicted octanol–water partition coefficient (Wildman–Crippen LogP) is 6.72. The van der Waals surface area contributed by atoms with Crippen molar-refractivity contribution < 1.29 is 9.59 Å². The number of thiophene rings is 1. The maximum absolute atomic E-state index is 13.7. The molecule has 1 aliphatic rings. The topological polar surface area (TPSA) is 40.6 Å². The monoisotopic (exact) mass is 508 g/mol. The first-order chi connectivity index (χ1) is 16.6. The van der Waals surface area contributed by atoms with E-state index in [2.05, 4.69) is 32.2 Å². The van der Waals surface area contributed by atoms with Crippen LogP contribution in [-0.2, 0) is 16.6 Å². The third-order valence-electron chi connectivity index (χ3n) is 6.66. The zero-order chi connectivity index (χ0) is 25.3. The maximum Gasteiger partial charge on any atom is 0.254 e. The Labute approximate surface area is 217 Å². The van der Waals surface area contributed by atoms with Crippen molar-refractivity contribution in [2.24, 2.45) is 0 Å². The van der Waals surface area contributed by atoms with Crippen LogP contribution in [0.3, 0.4) is 0 Å². The molecule has 1 atom stereocenters. The zero-order valence-electron chi connectivity index (χ0n) is 21.0. The Bertz CT molecular complexity index is 1190. The smallest absolute Gasteiger partial charge is 0.254 e. The quantitative estimate of drug-likeness (QED) is 0.383. The summed E-state index contributed by atoms with van der Waals surface area (Å²) in [5.74, 6) is -0.166. The van der Waals surface area contributed by atoms with Crippen molar-refractivity contribution in [2.45, 2.75) is 58.5 Å². The van der Waals surface area contributed by atoms with Gasteiger partial charge in [-0.1, -0.05) is 56.6 Å². The van der Waals surface area contributed by atoms with Crippen LogP contribution in [0.25, 0.3) is 0 Å². The Balaban J connectivity index is 1.59. The first-order valence-corrected chi connectivity index (χ1v) is 13.3. The van der Waals surface area contributed by atoms with E-state index in [9.17, 15) is 9.59 Å². The minimum atomic E-state index is -0.176. The summed E-state index contributed by atoms with van der Waals surface area (Å²) in [4.78, 5) is 32.1. The third-order valence-corrected chi connectivity index (χ3v) is 7.91. The summed E-state index contributed by atoms with van der Waals surface area (Å²) < 4.78 is 0. The van der Waals surface area contributed by atoms with Crippen molar-refractivity contribution in [3.05, 3.63) is 92.1 Å². The highest BCUT2D eigenvalue weighted by Crippen LogP contribution is 2.38. The molecule has 4 nitrogen and oxygen atoms in total. The van der Waals surface area contributed by atoms with Gasteiger partial charge >= 0.3 is 0 Å². The predicted molar refractivity (Wildman–Crippen MR) is 144 cm³/mol. The molecule has 0 bridgehead atoms. The summed E-state index contributed by atoms with van der Waals surface area (Å²) >= 11 is 7.87. The van der Waals surface area contributed by atoms with Crippen LogP contribution in [0, 0.1) is 0 Å². The van der Waals surface area contributed by atoms with E-state index in [1.54, 1.807) is 16.2 Å². The molecule has 4 rings (SSSR count). The van der Waals surface area contributed by atoms with E-state index in [-0.39, 0.29) is 35.9 Å². The van der Waals surface area contributed by atoms with E-state index in [1.807, 2.05) is 67.3 Å². The number of hydrogen-bond donors (Lipinski definition) is 0. The van der Waals surface area contributed by atoms with Gasteiger partial charge in [0.25, 0.3) is 5.91 Å². The lowest BCUT2D eigenvalue weighted by Crippen LogP contribution is -2.48. The lowest BCUT2D eigenvalue weighted by molar-refractivity contribution is -0.134. The molecule has 0 radical (unpaired) electrons. The molecule has 0 saturated heterocycles. The van der Waals surface area contributed by atoms with Crippen molar-refractivity contribution in [3.8, 4) is 0 Å². The Morgan fingerprint density at radius 3 is 2.31 bits per heavy atom. The average Bonchev–Trinajstić information content (AvgIpc) is 3.30. The van der Waals surface area contributed by atoms with Crippen molar-refractivity contribution in [2.75, 3.05) is 13.1 Å². The first-order valence-electron chi connectivity index (χ1n) is 12.1. The minimum Gasteiger partial charge on any atom is -0.330 e. The Kier molecular flexibility index (Phi) is 7.39. The van der Waals surface area contributed by atoms with Crippen LogP contribution < -0.4 is 0 Å². The molecule has 2 amide bonds. The standard InChI is InChI=1S/C29H33ClN2O2S/c1-19(2)32(28(34)21-6-10-22(11-7-21)29(3,4)5)18-26(33)31-16-14-25-24(15-17-35-25)27(31)20-8-12-23(30)13-9-20/h6-13,15,17,19,27H,14,16,18H2,1-5H3. The molecule has 2 heterocycles. The number of rotatable bonds is 5. The van der Waals surface area contributed by atoms with Crippen LogP contribution in [0.4, 0.5) is 0 Å². The molecular weight excluding hydrogens is 476 g/mol. The van der Waals surface area contributed by atoms with Crippen LogP contribution >= 0.6 is 22.9 Å². The molecule has 0 aliphatic carbocycles. The van der Waals surface area contributed by atoms with E-state index in [0.29, 0.717) is 17.1 Å². The number of benzene rings is 2. The van der Waals surface area contributed by atoms with E-state index >= 15 is 0 Å². The molecule has 3 aromatic rings. The summed E-state index contributed by atoms with van der Waals surface area (Å²) in [6.07, 6.45) is 0.826. The highest BCUT2D eigenvalue weighted by atomic mass is 35.5. The number of fused-ring (bicyclic) bond motifs is 1. The normalized spacial score (nSPS) is 15.7. The minimum absolute atomic E-state index is 0.0146. The first kappa shape index (κ1) is 25.5. The van der Waals surface area contributed by atoms with Crippen molar-refractivity contribution in [1.82, 2.24) is 9.80 Å². The highest BCUT2D eigenvalue weighted by molar-refractivity contribution is 7.10. The molecule has 2 aromatic carbocycles. The van der Waals surface area contributed by atoms with Gasteiger partial charge in [0.1, 0.15) is 6.54 Å². The van der Waals surface area contributed by atoms with Crippen molar-refractivity contribution in [3.63, 3.8) is 0 Å². The second-order valence-electron chi connectivity index (χ2n) is 10.4. The van der Waals surface area contributed by atoms with Crippen molar-refractivity contribution in [1.29, 1.82) is 0 Å². The van der Waals surface area contributed by atoms with Gasteiger partial charge in [-0.15, -0.1) is 11.3 Å². The fourth-order valence-electron chi connectivity index (χ4n) is 4.59. The molecule has 6 heteroatoms. The molecule has 1 aliphatic heterocycles.